The van der Waals surface area contributed by atoms with Gasteiger partial charge >= 0.3 is 0 Å². The van der Waals surface area contributed by atoms with Gasteiger partial charge in [0.05, 0.1) is 21.2 Å². The molecule has 0 amide bonds. The highest BCUT2D eigenvalue weighted by molar-refractivity contribution is 6.32. The van der Waals surface area contributed by atoms with Crippen molar-refractivity contribution >= 4 is 23.0 Å². The lowest BCUT2D eigenvalue weighted by Crippen LogP contribution is -1.95. The fourth-order valence-corrected chi connectivity index (χ4v) is 1.10. The average Bonchev–Trinajstić information content (AvgIpc) is 2.03. The molecule has 0 spiro atoms. The van der Waals surface area contributed by atoms with Crippen molar-refractivity contribution in [1.82, 2.24) is 0 Å². The van der Waals surface area contributed by atoms with E-state index < -0.39 is 4.92 Å². The molecular weight excluding hydrogens is 194 g/mol. The predicted octanol–water partition coefficient (Wildman–Crippen LogP) is 1.70. The molecule has 13 heavy (non-hydrogen) atoms. The number of non-ortho nitro benzene ring substituents is 1. The van der Waals surface area contributed by atoms with Gasteiger partial charge in [-0.1, -0.05) is 11.6 Å². The first-order valence-electron chi connectivity index (χ1n) is 3.19. The Morgan fingerprint density at radius 2 is 2.23 bits per heavy atom. The third kappa shape index (κ3) is 1.68. The normalized spacial score (nSPS) is 9.23. The number of nitrogens with zero attached hydrogens (tertiary/aromatic N) is 2. The molecule has 0 aliphatic carbocycles. The van der Waals surface area contributed by atoms with Gasteiger partial charge in [-0.2, -0.15) is 5.26 Å². The smallest absolute Gasteiger partial charge is 0.273 e. The summed E-state index contributed by atoms with van der Waals surface area (Å²) in [5.74, 6) is 0. The number of rotatable bonds is 1. The summed E-state index contributed by atoms with van der Waals surface area (Å²) in [4.78, 5) is 9.69. The number of anilines is 1. The highest BCUT2D eigenvalue weighted by Gasteiger charge is 2.12. The van der Waals surface area contributed by atoms with Gasteiger partial charge in [-0.3, -0.25) is 10.1 Å². The molecule has 1 aromatic carbocycles. The van der Waals surface area contributed by atoms with E-state index in [2.05, 4.69) is 0 Å². The van der Waals surface area contributed by atoms with Crippen LogP contribution in [0, 0.1) is 21.4 Å². The molecule has 1 rings (SSSR count). The fourth-order valence-electron chi connectivity index (χ4n) is 0.836. The zero-order valence-electron chi connectivity index (χ0n) is 6.32. The van der Waals surface area contributed by atoms with E-state index in [1.54, 1.807) is 6.07 Å². The number of nitrogen functional groups attached to an aromatic ring is 1. The maximum absolute atomic E-state index is 10.3. The summed E-state index contributed by atoms with van der Waals surface area (Å²) in [7, 11) is 0. The van der Waals surface area contributed by atoms with Gasteiger partial charge in [0.25, 0.3) is 5.69 Å². The number of halogens is 1. The van der Waals surface area contributed by atoms with E-state index in [0.29, 0.717) is 0 Å². The van der Waals surface area contributed by atoms with Crippen LogP contribution in [0.5, 0.6) is 0 Å². The Kier molecular flexibility index (Phi) is 2.35. The molecule has 0 aromatic heterocycles. The van der Waals surface area contributed by atoms with Crippen LogP contribution in [0.2, 0.25) is 5.02 Å². The Hall–Kier alpha value is -1.80. The van der Waals surface area contributed by atoms with Crippen LogP contribution in [0.25, 0.3) is 0 Å². The topological polar surface area (TPSA) is 93.0 Å². The second kappa shape index (κ2) is 3.29. The lowest BCUT2D eigenvalue weighted by molar-refractivity contribution is -0.384. The van der Waals surface area contributed by atoms with Crippen LogP contribution in [0.15, 0.2) is 12.1 Å². The Balaban J connectivity index is 3.39. The molecule has 5 nitrogen and oxygen atoms in total. The summed E-state index contributed by atoms with van der Waals surface area (Å²) >= 11 is 5.57. The zero-order valence-corrected chi connectivity index (χ0v) is 7.08. The van der Waals surface area contributed by atoms with E-state index in [-0.39, 0.29) is 22.0 Å². The van der Waals surface area contributed by atoms with Crippen molar-refractivity contribution in [1.29, 1.82) is 5.26 Å². The van der Waals surface area contributed by atoms with E-state index in [0.717, 1.165) is 12.1 Å². The van der Waals surface area contributed by atoms with Gasteiger partial charge in [0.15, 0.2) is 0 Å². The molecule has 0 heterocycles. The van der Waals surface area contributed by atoms with Crippen molar-refractivity contribution in [2.45, 2.75) is 0 Å². The number of nitro benzene ring substituents is 1. The average molecular weight is 198 g/mol. The molecule has 0 saturated carbocycles. The van der Waals surface area contributed by atoms with Gasteiger partial charge in [0.2, 0.25) is 0 Å². The second-order valence-electron chi connectivity index (χ2n) is 2.26. The molecule has 0 aliphatic rings. The Labute approximate surface area is 78.5 Å². The van der Waals surface area contributed by atoms with Crippen LogP contribution >= 0.6 is 11.6 Å². The second-order valence-corrected chi connectivity index (χ2v) is 2.67. The van der Waals surface area contributed by atoms with E-state index in [1.807, 2.05) is 0 Å². The maximum atomic E-state index is 10.3. The van der Waals surface area contributed by atoms with Crippen molar-refractivity contribution in [2.24, 2.45) is 0 Å². The minimum absolute atomic E-state index is 0.00537. The van der Waals surface area contributed by atoms with Gasteiger partial charge in [0, 0.05) is 12.1 Å². The molecule has 2 N–H and O–H groups in total. The summed E-state index contributed by atoms with van der Waals surface area (Å²) in [6.07, 6.45) is 0. The lowest BCUT2D eigenvalue weighted by atomic mass is 10.2. The van der Waals surface area contributed by atoms with Gasteiger partial charge in [-0.25, -0.2) is 0 Å². The van der Waals surface area contributed by atoms with Gasteiger partial charge in [0.1, 0.15) is 6.07 Å². The third-order valence-corrected chi connectivity index (χ3v) is 1.73. The van der Waals surface area contributed by atoms with Crippen molar-refractivity contribution in [3.63, 3.8) is 0 Å². The number of nitriles is 1. The largest absolute Gasteiger partial charge is 0.397 e. The lowest BCUT2D eigenvalue weighted by Gasteiger charge is -1.99. The number of benzene rings is 1. The predicted molar refractivity (Wildman–Crippen MR) is 47.2 cm³/mol. The van der Waals surface area contributed by atoms with Crippen molar-refractivity contribution in [3.8, 4) is 6.07 Å². The molecule has 1 aromatic rings. The van der Waals surface area contributed by atoms with Crippen LogP contribution in [-0.4, -0.2) is 4.92 Å². The molecule has 0 fully saturated rings. The molecule has 6 heteroatoms. The van der Waals surface area contributed by atoms with E-state index in [4.69, 9.17) is 22.6 Å². The van der Waals surface area contributed by atoms with Crippen LogP contribution < -0.4 is 5.73 Å². The molecular formula is C7H4ClN3O2. The van der Waals surface area contributed by atoms with Crippen molar-refractivity contribution in [2.75, 3.05) is 5.73 Å². The zero-order chi connectivity index (χ0) is 10.0. The van der Waals surface area contributed by atoms with E-state index in [1.165, 1.54) is 0 Å². The van der Waals surface area contributed by atoms with Crippen molar-refractivity contribution < 1.29 is 4.92 Å². The first kappa shape index (κ1) is 9.29. The van der Waals surface area contributed by atoms with Crippen molar-refractivity contribution in [3.05, 3.63) is 32.8 Å². The highest BCUT2D eigenvalue weighted by Crippen LogP contribution is 2.27. The minimum atomic E-state index is -0.622. The molecule has 66 valence electrons. The van der Waals surface area contributed by atoms with Crippen LogP contribution in [-0.2, 0) is 0 Å². The molecule has 0 aliphatic heterocycles. The molecule has 0 bridgehead atoms. The first-order chi connectivity index (χ1) is 6.06. The van der Waals surface area contributed by atoms with E-state index in [9.17, 15) is 10.1 Å². The summed E-state index contributed by atoms with van der Waals surface area (Å²) in [5.41, 5.74) is 5.22. The highest BCUT2D eigenvalue weighted by atomic mass is 35.5. The van der Waals surface area contributed by atoms with Gasteiger partial charge < -0.3 is 5.73 Å². The van der Waals surface area contributed by atoms with Crippen LogP contribution in [0.1, 0.15) is 5.56 Å². The first-order valence-corrected chi connectivity index (χ1v) is 3.57. The quantitative estimate of drug-likeness (QED) is 0.421. The summed E-state index contributed by atoms with van der Waals surface area (Å²) in [6.45, 7) is 0. The Morgan fingerprint density at radius 3 is 2.62 bits per heavy atom. The summed E-state index contributed by atoms with van der Waals surface area (Å²) < 4.78 is 0. The third-order valence-electron chi connectivity index (χ3n) is 1.43. The summed E-state index contributed by atoms with van der Waals surface area (Å²) in [6, 6.07) is 3.95. The monoisotopic (exact) mass is 197 g/mol. The Bertz CT molecular complexity index is 388. The number of hydrogen-bond acceptors (Lipinski definition) is 4. The number of hydrogen-bond donors (Lipinski definition) is 1. The molecule has 0 radical (unpaired) electrons. The fraction of sp³-hybridized carbons (Fsp3) is 0. The van der Waals surface area contributed by atoms with Gasteiger partial charge in [-0.05, 0) is 0 Å². The Morgan fingerprint density at radius 1 is 1.62 bits per heavy atom. The number of nitro groups is 1. The maximum Gasteiger partial charge on any atom is 0.273 e. The van der Waals surface area contributed by atoms with Crippen LogP contribution in [0.3, 0.4) is 0 Å². The standard InChI is InChI=1S/C7H4ClN3O2/c8-6-1-4(11(12)13)2-7(10)5(6)3-9/h1-2H,10H2. The van der Waals surface area contributed by atoms with Crippen LogP contribution in [0.4, 0.5) is 11.4 Å². The molecule has 0 atom stereocenters. The van der Waals surface area contributed by atoms with Gasteiger partial charge in [-0.15, -0.1) is 0 Å². The van der Waals surface area contributed by atoms with E-state index >= 15 is 0 Å². The molecule has 0 saturated heterocycles. The summed E-state index contributed by atoms with van der Waals surface area (Å²) in [5, 5.41) is 18.9. The SMILES string of the molecule is N#Cc1c(N)cc([N+](=O)[O-])cc1Cl. The molecule has 0 unspecified atom stereocenters. The number of nitrogens with two attached hydrogens (primary N) is 1. The minimum Gasteiger partial charge on any atom is -0.397 e.